The number of piperidine rings is 1. The van der Waals surface area contributed by atoms with Gasteiger partial charge in [0, 0.05) is 38.1 Å². The Morgan fingerprint density at radius 2 is 1.95 bits per heavy atom. The van der Waals surface area contributed by atoms with Crippen LogP contribution in [0.5, 0.6) is 0 Å². The summed E-state index contributed by atoms with van der Waals surface area (Å²) in [7, 11) is 1.88. The summed E-state index contributed by atoms with van der Waals surface area (Å²) in [6.07, 6.45) is 2.39. The molecule has 1 rings (SSSR count). The summed E-state index contributed by atoms with van der Waals surface area (Å²) in [6, 6.07) is 0.337. The average Bonchev–Trinajstić information content (AvgIpc) is 2.40. The predicted octanol–water partition coefficient (Wildman–Crippen LogP) is 0.848. The molecular weight excluding hydrogens is 254 g/mol. The number of nitrogens with one attached hydrogen (secondary N) is 2. The third-order valence-corrected chi connectivity index (χ3v) is 3.75. The Bertz CT molecular complexity index is 276. The van der Waals surface area contributed by atoms with Gasteiger partial charge in [0.1, 0.15) is 0 Å². The van der Waals surface area contributed by atoms with Gasteiger partial charge >= 0.3 is 0 Å². The number of rotatable bonds is 8. The van der Waals surface area contributed by atoms with E-state index in [2.05, 4.69) is 29.4 Å². The van der Waals surface area contributed by atoms with Crippen LogP contribution in [-0.4, -0.2) is 62.8 Å². The third kappa shape index (κ3) is 6.68. The molecule has 2 N–H and O–H groups in total. The first-order valence-electron chi connectivity index (χ1n) is 7.81. The van der Waals surface area contributed by atoms with Gasteiger partial charge in [0.2, 0.25) is 5.91 Å². The Morgan fingerprint density at radius 3 is 2.50 bits per heavy atom. The number of likely N-dealkylation sites (tertiary alicyclic amines) is 1. The molecule has 1 heterocycles. The fraction of sp³-hybridized carbons (Fsp3) is 0.933. The Kier molecular flexibility index (Phi) is 8.11. The van der Waals surface area contributed by atoms with E-state index in [9.17, 15) is 4.79 Å². The van der Waals surface area contributed by atoms with E-state index < -0.39 is 0 Å². The number of ether oxygens (including phenoxy) is 1. The molecule has 1 atom stereocenters. The fourth-order valence-electron chi connectivity index (χ4n) is 2.46. The fourth-order valence-corrected chi connectivity index (χ4v) is 2.46. The molecule has 20 heavy (non-hydrogen) atoms. The maximum absolute atomic E-state index is 11.9. The van der Waals surface area contributed by atoms with Crippen LogP contribution in [0.3, 0.4) is 0 Å². The van der Waals surface area contributed by atoms with Crippen LogP contribution in [0, 0.1) is 5.92 Å². The Morgan fingerprint density at radius 1 is 1.30 bits per heavy atom. The van der Waals surface area contributed by atoms with Crippen LogP contribution in [0.4, 0.5) is 0 Å². The van der Waals surface area contributed by atoms with Crippen LogP contribution in [0.2, 0.25) is 0 Å². The van der Waals surface area contributed by atoms with E-state index in [1.54, 1.807) is 0 Å². The van der Waals surface area contributed by atoms with Gasteiger partial charge in [-0.1, -0.05) is 6.92 Å². The van der Waals surface area contributed by atoms with E-state index in [0.717, 1.165) is 45.6 Å². The van der Waals surface area contributed by atoms with Crippen molar-refractivity contribution < 1.29 is 9.53 Å². The first-order valence-corrected chi connectivity index (χ1v) is 7.81. The summed E-state index contributed by atoms with van der Waals surface area (Å²) in [6.45, 7) is 10.7. The number of nitrogens with zero attached hydrogens (tertiary/aromatic N) is 1. The van der Waals surface area contributed by atoms with Crippen LogP contribution in [-0.2, 0) is 9.53 Å². The summed E-state index contributed by atoms with van der Waals surface area (Å²) in [5.41, 5.74) is 0. The lowest BCUT2D eigenvalue weighted by atomic mass is 10.0. The monoisotopic (exact) mass is 285 g/mol. The number of hydrogen-bond acceptors (Lipinski definition) is 4. The molecule has 1 saturated heterocycles. The lowest BCUT2D eigenvalue weighted by molar-refractivity contribution is -0.125. The molecule has 0 saturated carbocycles. The second-order valence-corrected chi connectivity index (χ2v) is 6.00. The van der Waals surface area contributed by atoms with Gasteiger partial charge < -0.3 is 20.3 Å². The van der Waals surface area contributed by atoms with Gasteiger partial charge in [-0.15, -0.1) is 0 Å². The van der Waals surface area contributed by atoms with Crippen LogP contribution in [0.15, 0.2) is 0 Å². The zero-order chi connectivity index (χ0) is 15.0. The van der Waals surface area contributed by atoms with Crippen molar-refractivity contribution in [1.29, 1.82) is 0 Å². The van der Waals surface area contributed by atoms with Crippen LogP contribution in [0.1, 0.15) is 33.6 Å². The quantitative estimate of drug-likeness (QED) is 0.694. The molecular formula is C15H31N3O2. The largest absolute Gasteiger partial charge is 0.377 e. The molecule has 1 fully saturated rings. The van der Waals surface area contributed by atoms with Crippen LogP contribution in [0.25, 0.3) is 0 Å². The van der Waals surface area contributed by atoms with Crippen molar-refractivity contribution in [3.05, 3.63) is 0 Å². The summed E-state index contributed by atoms with van der Waals surface area (Å²) < 4.78 is 5.58. The predicted molar refractivity (Wildman–Crippen MR) is 81.8 cm³/mol. The van der Waals surface area contributed by atoms with E-state index in [0.29, 0.717) is 12.1 Å². The van der Waals surface area contributed by atoms with Gasteiger partial charge in [0.05, 0.1) is 12.7 Å². The molecule has 1 aliphatic heterocycles. The lowest BCUT2D eigenvalue weighted by Crippen LogP contribution is -2.47. The number of amides is 1. The highest BCUT2D eigenvalue weighted by Crippen LogP contribution is 2.11. The second-order valence-electron chi connectivity index (χ2n) is 6.00. The normalized spacial score (nSPS) is 19.2. The van der Waals surface area contributed by atoms with E-state index in [1.807, 2.05) is 14.0 Å². The van der Waals surface area contributed by atoms with Crippen molar-refractivity contribution in [1.82, 2.24) is 15.5 Å². The van der Waals surface area contributed by atoms with E-state index in [4.69, 9.17) is 4.74 Å². The molecule has 118 valence electrons. The van der Waals surface area contributed by atoms with Crippen molar-refractivity contribution in [2.75, 3.05) is 39.8 Å². The third-order valence-electron chi connectivity index (χ3n) is 3.75. The molecule has 5 heteroatoms. The molecule has 0 bridgehead atoms. The Hall–Kier alpha value is -0.650. The van der Waals surface area contributed by atoms with Crippen LogP contribution >= 0.6 is 0 Å². The molecule has 0 radical (unpaired) electrons. The molecule has 1 unspecified atom stereocenters. The van der Waals surface area contributed by atoms with Gasteiger partial charge in [-0.3, -0.25) is 4.79 Å². The summed E-state index contributed by atoms with van der Waals surface area (Å²) in [4.78, 5) is 14.4. The van der Waals surface area contributed by atoms with E-state index >= 15 is 0 Å². The van der Waals surface area contributed by atoms with Crippen molar-refractivity contribution in [3.63, 3.8) is 0 Å². The SMILES string of the molecule is CNCC(C)C(=O)NC1CCN(CCOC(C)C)CC1. The Balaban J connectivity index is 2.17. The lowest BCUT2D eigenvalue weighted by Gasteiger charge is -2.32. The maximum atomic E-state index is 11.9. The molecule has 5 nitrogen and oxygen atoms in total. The number of hydrogen-bond donors (Lipinski definition) is 2. The molecule has 0 spiro atoms. The van der Waals surface area contributed by atoms with Crippen molar-refractivity contribution in [2.45, 2.75) is 45.8 Å². The van der Waals surface area contributed by atoms with Gasteiger partial charge in [-0.2, -0.15) is 0 Å². The standard InChI is InChI=1S/C15H31N3O2/c1-12(2)20-10-9-18-7-5-14(6-8-18)17-15(19)13(3)11-16-4/h12-14,16H,5-11H2,1-4H3,(H,17,19). The second kappa shape index (κ2) is 9.32. The molecule has 0 aliphatic carbocycles. The minimum absolute atomic E-state index is 0.0393. The van der Waals surface area contributed by atoms with Gasteiger partial charge in [0.25, 0.3) is 0 Å². The average molecular weight is 285 g/mol. The topological polar surface area (TPSA) is 53.6 Å². The highest BCUT2D eigenvalue weighted by atomic mass is 16.5. The van der Waals surface area contributed by atoms with Gasteiger partial charge in [0.15, 0.2) is 0 Å². The smallest absolute Gasteiger partial charge is 0.224 e. The summed E-state index contributed by atoms with van der Waals surface area (Å²) >= 11 is 0. The maximum Gasteiger partial charge on any atom is 0.224 e. The van der Waals surface area contributed by atoms with Gasteiger partial charge in [-0.05, 0) is 33.7 Å². The van der Waals surface area contributed by atoms with Crippen molar-refractivity contribution >= 4 is 5.91 Å². The summed E-state index contributed by atoms with van der Waals surface area (Å²) in [5, 5.41) is 6.20. The molecule has 0 aromatic carbocycles. The molecule has 0 aromatic heterocycles. The summed E-state index contributed by atoms with van der Waals surface area (Å²) in [5.74, 6) is 0.207. The van der Waals surface area contributed by atoms with Crippen molar-refractivity contribution in [2.24, 2.45) is 5.92 Å². The molecule has 1 aliphatic rings. The van der Waals surface area contributed by atoms with Crippen molar-refractivity contribution in [3.8, 4) is 0 Å². The molecule has 1 amide bonds. The highest BCUT2D eigenvalue weighted by Gasteiger charge is 2.22. The van der Waals surface area contributed by atoms with Crippen LogP contribution < -0.4 is 10.6 Å². The first kappa shape index (κ1) is 17.4. The van der Waals surface area contributed by atoms with E-state index in [-0.39, 0.29) is 11.8 Å². The Labute approximate surface area is 123 Å². The minimum Gasteiger partial charge on any atom is -0.377 e. The van der Waals surface area contributed by atoms with E-state index in [1.165, 1.54) is 0 Å². The number of carbonyl (C=O) groups is 1. The first-order chi connectivity index (χ1) is 9.52. The van der Waals surface area contributed by atoms with Gasteiger partial charge in [-0.25, -0.2) is 0 Å². The zero-order valence-electron chi connectivity index (χ0n) is 13.4. The number of carbonyl (C=O) groups excluding carboxylic acids is 1. The molecule has 0 aromatic rings. The zero-order valence-corrected chi connectivity index (χ0v) is 13.4. The minimum atomic E-state index is 0.0393. The highest BCUT2D eigenvalue weighted by molar-refractivity contribution is 5.78.